The Labute approximate surface area is 120 Å². The maximum atomic E-state index is 13.5. The molecule has 0 heterocycles. The molecule has 0 saturated carbocycles. The van der Waals surface area contributed by atoms with Crippen molar-refractivity contribution < 1.29 is 8.78 Å². The first kappa shape index (κ1) is 16.8. The molecule has 0 unspecified atom stereocenters. The Balaban J connectivity index is 2.89. The van der Waals surface area contributed by atoms with Gasteiger partial charge in [0.05, 0.1) is 0 Å². The highest BCUT2D eigenvalue weighted by atomic mass is 19.3. The van der Waals surface area contributed by atoms with Crippen LogP contribution in [-0.4, -0.2) is 6.04 Å². The topological polar surface area (TPSA) is 26.0 Å². The lowest BCUT2D eigenvalue weighted by atomic mass is 9.93. The van der Waals surface area contributed by atoms with Crippen molar-refractivity contribution in [1.82, 2.24) is 0 Å². The fourth-order valence-corrected chi connectivity index (χ4v) is 2.11. The van der Waals surface area contributed by atoms with E-state index in [1.165, 1.54) is 0 Å². The molecule has 1 atom stereocenters. The van der Waals surface area contributed by atoms with Crippen LogP contribution >= 0.6 is 0 Å². The fraction of sp³-hybridized carbons (Fsp3) is 0.529. The predicted octanol–water partition coefficient (Wildman–Crippen LogP) is 4.76. The van der Waals surface area contributed by atoms with Crippen molar-refractivity contribution in [2.45, 2.75) is 57.9 Å². The molecule has 3 heteroatoms. The summed E-state index contributed by atoms with van der Waals surface area (Å²) in [5.41, 5.74) is 7.81. The Morgan fingerprint density at radius 3 is 2.45 bits per heavy atom. The number of hydrogen-bond acceptors (Lipinski definition) is 1. The average molecular weight is 281 g/mol. The minimum Gasteiger partial charge on any atom is -0.324 e. The van der Waals surface area contributed by atoms with Gasteiger partial charge < -0.3 is 5.73 Å². The van der Waals surface area contributed by atoms with E-state index < -0.39 is 5.92 Å². The maximum Gasteiger partial charge on any atom is 0.270 e. The molecular weight excluding hydrogens is 256 g/mol. The monoisotopic (exact) mass is 281 g/mol. The van der Waals surface area contributed by atoms with Crippen LogP contribution in [0.4, 0.5) is 8.78 Å². The summed E-state index contributed by atoms with van der Waals surface area (Å²) in [6, 6.07) is 5.24. The largest absolute Gasteiger partial charge is 0.324 e. The fourth-order valence-electron chi connectivity index (χ4n) is 2.11. The number of alkyl halides is 2. The summed E-state index contributed by atoms with van der Waals surface area (Å²) in [5, 5.41) is 0. The average Bonchev–Trinajstić information content (AvgIpc) is 2.37. The van der Waals surface area contributed by atoms with Crippen molar-refractivity contribution >= 4 is 0 Å². The minimum absolute atomic E-state index is 0.0182. The van der Waals surface area contributed by atoms with Crippen molar-refractivity contribution in [3.63, 3.8) is 0 Å². The zero-order valence-corrected chi connectivity index (χ0v) is 12.6. The number of rotatable bonds is 7. The molecule has 1 aromatic rings. The molecule has 0 fully saturated rings. The molecule has 1 rings (SSSR count). The summed E-state index contributed by atoms with van der Waals surface area (Å²) >= 11 is 0. The number of benzene rings is 1. The normalized spacial score (nSPS) is 13.6. The van der Waals surface area contributed by atoms with E-state index in [9.17, 15) is 8.78 Å². The van der Waals surface area contributed by atoms with Crippen molar-refractivity contribution in [3.05, 3.63) is 47.5 Å². The standard InChI is InChI=1S/C17H25F2N/c1-5-16(20)8-6-7-13-9-14(12(2)3)11-15(10-13)17(4,18)19/h5,9-12,16H,1,6-8,20H2,2-4H3/t16-/m0/s1. The molecule has 20 heavy (non-hydrogen) atoms. The molecular formula is C17H25F2N. The van der Waals surface area contributed by atoms with E-state index in [0.29, 0.717) is 0 Å². The molecule has 0 amide bonds. The first-order valence-corrected chi connectivity index (χ1v) is 7.14. The molecule has 0 aliphatic rings. The predicted molar refractivity (Wildman–Crippen MR) is 81.2 cm³/mol. The van der Waals surface area contributed by atoms with E-state index in [1.807, 2.05) is 19.9 Å². The highest BCUT2D eigenvalue weighted by Gasteiger charge is 2.25. The van der Waals surface area contributed by atoms with Gasteiger partial charge in [0, 0.05) is 18.5 Å². The van der Waals surface area contributed by atoms with Crippen LogP contribution in [0.25, 0.3) is 0 Å². The van der Waals surface area contributed by atoms with Crippen LogP contribution in [0.3, 0.4) is 0 Å². The Morgan fingerprint density at radius 2 is 1.95 bits per heavy atom. The molecule has 1 aromatic carbocycles. The van der Waals surface area contributed by atoms with Gasteiger partial charge in [-0.25, -0.2) is 8.78 Å². The lowest BCUT2D eigenvalue weighted by Crippen LogP contribution is -2.16. The van der Waals surface area contributed by atoms with E-state index in [4.69, 9.17) is 5.73 Å². The Hall–Kier alpha value is -1.22. The van der Waals surface area contributed by atoms with Crippen LogP contribution in [0.2, 0.25) is 0 Å². The lowest BCUT2D eigenvalue weighted by molar-refractivity contribution is 0.0173. The van der Waals surface area contributed by atoms with E-state index in [1.54, 1.807) is 18.2 Å². The molecule has 0 aliphatic carbocycles. The molecule has 0 spiro atoms. The van der Waals surface area contributed by atoms with Crippen LogP contribution in [0.15, 0.2) is 30.9 Å². The molecule has 0 aliphatic heterocycles. The molecule has 112 valence electrons. The highest BCUT2D eigenvalue weighted by Crippen LogP contribution is 2.31. The van der Waals surface area contributed by atoms with Crippen LogP contribution in [0.5, 0.6) is 0 Å². The van der Waals surface area contributed by atoms with E-state index in [-0.39, 0.29) is 17.5 Å². The first-order chi connectivity index (χ1) is 9.24. The summed E-state index contributed by atoms with van der Waals surface area (Å²) in [6.07, 6.45) is 4.19. The van der Waals surface area contributed by atoms with Crippen molar-refractivity contribution in [1.29, 1.82) is 0 Å². The Kier molecular flexibility index (Phi) is 5.88. The summed E-state index contributed by atoms with van der Waals surface area (Å²) in [4.78, 5) is 0. The summed E-state index contributed by atoms with van der Waals surface area (Å²) in [5.74, 6) is -2.55. The van der Waals surface area contributed by atoms with Crippen LogP contribution < -0.4 is 5.73 Å². The van der Waals surface area contributed by atoms with Gasteiger partial charge in [0.2, 0.25) is 0 Å². The van der Waals surface area contributed by atoms with Gasteiger partial charge in [-0.05, 0) is 48.4 Å². The Morgan fingerprint density at radius 1 is 1.30 bits per heavy atom. The van der Waals surface area contributed by atoms with Crippen molar-refractivity contribution in [3.8, 4) is 0 Å². The maximum absolute atomic E-state index is 13.5. The molecule has 0 bridgehead atoms. The molecule has 0 saturated heterocycles. The van der Waals surface area contributed by atoms with Crippen molar-refractivity contribution in [2.75, 3.05) is 0 Å². The zero-order valence-electron chi connectivity index (χ0n) is 12.6. The number of nitrogens with two attached hydrogens (primary N) is 1. The van der Waals surface area contributed by atoms with E-state index in [0.717, 1.165) is 37.3 Å². The third-order valence-corrected chi connectivity index (χ3v) is 3.49. The van der Waals surface area contributed by atoms with Gasteiger partial charge in [-0.3, -0.25) is 0 Å². The second kappa shape index (κ2) is 6.98. The lowest BCUT2D eigenvalue weighted by Gasteiger charge is -2.16. The number of aryl methyl sites for hydroxylation is 1. The second-order valence-electron chi connectivity index (χ2n) is 5.80. The van der Waals surface area contributed by atoms with Crippen molar-refractivity contribution in [2.24, 2.45) is 5.73 Å². The van der Waals surface area contributed by atoms with Gasteiger partial charge in [0.1, 0.15) is 0 Å². The van der Waals surface area contributed by atoms with Crippen LogP contribution in [0, 0.1) is 0 Å². The SMILES string of the molecule is C=C[C@H](N)CCCc1cc(C(C)C)cc(C(C)(F)F)c1. The summed E-state index contributed by atoms with van der Waals surface area (Å²) in [7, 11) is 0. The van der Waals surface area contributed by atoms with Crippen LogP contribution in [-0.2, 0) is 12.3 Å². The quantitative estimate of drug-likeness (QED) is 0.717. The molecule has 0 aromatic heterocycles. The van der Waals surface area contributed by atoms with Gasteiger partial charge in [-0.2, -0.15) is 0 Å². The minimum atomic E-state index is -2.79. The summed E-state index contributed by atoms with van der Waals surface area (Å²) in [6.45, 7) is 8.63. The number of hydrogen-bond donors (Lipinski definition) is 1. The molecule has 0 radical (unpaired) electrons. The van der Waals surface area contributed by atoms with E-state index in [2.05, 4.69) is 6.58 Å². The molecule has 2 N–H and O–H groups in total. The van der Waals surface area contributed by atoms with Crippen LogP contribution in [0.1, 0.15) is 56.2 Å². The van der Waals surface area contributed by atoms with E-state index >= 15 is 0 Å². The van der Waals surface area contributed by atoms with Gasteiger partial charge in [-0.1, -0.05) is 26.0 Å². The molecule has 1 nitrogen and oxygen atoms in total. The van der Waals surface area contributed by atoms with Gasteiger partial charge >= 0.3 is 0 Å². The first-order valence-electron chi connectivity index (χ1n) is 7.14. The van der Waals surface area contributed by atoms with Gasteiger partial charge in [0.25, 0.3) is 5.92 Å². The number of halogens is 2. The summed E-state index contributed by atoms with van der Waals surface area (Å²) < 4.78 is 27.1. The smallest absolute Gasteiger partial charge is 0.270 e. The van der Waals surface area contributed by atoms with Gasteiger partial charge in [-0.15, -0.1) is 6.58 Å². The highest BCUT2D eigenvalue weighted by molar-refractivity contribution is 5.34. The third-order valence-electron chi connectivity index (χ3n) is 3.49. The zero-order chi connectivity index (χ0) is 15.3. The van der Waals surface area contributed by atoms with Gasteiger partial charge in [0.15, 0.2) is 0 Å². The Bertz CT molecular complexity index is 447. The second-order valence-corrected chi connectivity index (χ2v) is 5.80. The third kappa shape index (κ3) is 5.04.